The molecule has 0 atom stereocenters. The summed E-state index contributed by atoms with van der Waals surface area (Å²) in [6.07, 6.45) is 0. The van der Waals surface area contributed by atoms with Crippen LogP contribution in [-0.4, -0.2) is 16.6 Å². The molecule has 0 saturated heterocycles. The predicted octanol–water partition coefficient (Wildman–Crippen LogP) is 0.224. The zero-order valence-electron chi connectivity index (χ0n) is 6.27. The first-order chi connectivity index (χ1) is 5.65. The molecule has 0 aliphatic rings. The average Bonchev–Trinajstić information content (AvgIpc) is 2.37. The van der Waals surface area contributed by atoms with Gasteiger partial charge >= 0.3 is 0 Å². The Kier molecular flexibility index (Phi) is 2.39. The van der Waals surface area contributed by atoms with E-state index in [9.17, 15) is 10.0 Å². The van der Waals surface area contributed by atoms with Crippen molar-refractivity contribution in [2.45, 2.75) is 6.92 Å². The summed E-state index contributed by atoms with van der Waals surface area (Å²) < 4.78 is 0. The summed E-state index contributed by atoms with van der Waals surface area (Å²) in [6, 6.07) is 0. The Hall–Kier alpha value is -1.43. The molecule has 1 heterocycles. The van der Waals surface area contributed by atoms with E-state index in [4.69, 9.17) is 5.73 Å². The standard InChI is InChI=1S/C6H7N3O2S/c1-3-2-12-6(8-3)4(9-11)5(7)10/h2,11H,1H3,(H2,7,10)/p-1/b9-4+. The molecule has 0 aliphatic heterocycles. The number of hydrogen-bond donors (Lipinski definition) is 1. The lowest BCUT2D eigenvalue weighted by atomic mass is 10.4. The topological polar surface area (TPSA) is 91.4 Å². The van der Waals surface area contributed by atoms with Crippen LogP contribution in [0.1, 0.15) is 10.7 Å². The van der Waals surface area contributed by atoms with Crippen LogP contribution in [0.2, 0.25) is 0 Å². The lowest BCUT2D eigenvalue weighted by Crippen LogP contribution is -2.23. The van der Waals surface area contributed by atoms with E-state index in [0.717, 1.165) is 5.69 Å². The van der Waals surface area contributed by atoms with Crippen LogP contribution in [0.15, 0.2) is 10.5 Å². The normalized spacial score (nSPS) is 11.6. The smallest absolute Gasteiger partial charge is 0.269 e. The number of primary amides is 1. The molecule has 12 heavy (non-hydrogen) atoms. The molecular formula is C6H6N3O2S-. The van der Waals surface area contributed by atoms with Gasteiger partial charge in [0.25, 0.3) is 5.91 Å². The average molecular weight is 184 g/mol. The van der Waals surface area contributed by atoms with Crippen LogP contribution in [-0.2, 0) is 4.79 Å². The van der Waals surface area contributed by atoms with Crippen LogP contribution in [0.5, 0.6) is 0 Å². The van der Waals surface area contributed by atoms with Gasteiger partial charge in [-0.3, -0.25) is 4.79 Å². The fourth-order valence-corrected chi connectivity index (χ4v) is 1.43. The van der Waals surface area contributed by atoms with Gasteiger partial charge in [-0.25, -0.2) is 4.98 Å². The predicted molar refractivity (Wildman–Crippen MR) is 45.9 cm³/mol. The highest BCUT2D eigenvalue weighted by molar-refractivity contribution is 7.12. The van der Waals surface area contributed by atoms with Gasteiger partial charge in [-0.2, -0.15) is 0 Å². The maximum atomic E-state index is 10.6. The first-order valence-corrected chi connectivity index (χ1v) is 3.95. The number of thiazole rings is 1. The Labute approximate surface area is 72.5 Å². The number of nitrogens with zero attached hydrogens (tertiary/aromatic N) is 2. The molecule has 2 N–H and O–H groups in total. The number of aromatic nitrogens is 1. The summed E-state index contributed by atoms with van der Waals surface area (Å²) in [5, 5.41) is 14.6. The Bertz CT molecular complexity index is 331. The number of rotatable bonds is 2. The van der Waals surface area contributed by atoms with Gasteiger partial charge in [-0.05, 0) is 6.92 Å². The third-order valence-corrected chi connectivity index (χ3v) is 2.11. The third kappa shape index (κ3) is 1.59. The molecule has 1 amide bonds. The molecule has 0 spiro atoms. The van der Waals surface area contributed by atoms with Crippen LogP contribution in [0.4, 0.5) is 0 Å². The van der Waals surface area contributed by atoms with E-state index >= 15 is 0 Å². The lowest BCUT2D eigenvalue weighted by Gasteiger charge is -1.98. The molecule has 1 rings (SSSR count). The SMILES string of the molecule is Cc1csc(/C(=N/[O-])C(N)=O)n1. The quantitative estimate of drug-likeness (QED) is 0.526. The highest BCUT2D eigenvalue weighted by atomic mass is 32.1. The highest BCUT2D eigenvalue weighted by Crippen LogP contribution is 2.09. The Morgan fingerprint density at radius 2 is 2.50 bits per heavy atom. The van der Waals surface area contributed by atoms with Gasteiger partial charge in [0.2, 0.25) is 0 Å². The molecular weight excluding hydrogens is 178 g/mol. The van der Waals surface area contributed by atoms with Gasteiger partial charge in [0.15, 0.2) is 5.71 Å². The van der Waals surface area contributed by atoms with Crippen molar-refractivity contribution in [3.05, 3.63) is 21.3 Å². The van der Waals surface area contributed by atoms with E-state index in [0.29, 0.717) is 0 Å². The molecule has 0 radical (unpaired) electrons. The number of amides is 1. The molecule has 0 fully saturated rings. The maximum absolute atomic E-state index is 10.6. The Morgan fingerprint density at radius 1 is 1.83 bits per heavy atom. The highest BCUT2D eigenvalue weighted by Gasteiger charge is 2.11. The molecule has 0 aromatic carbocycles. The second-order valence-corrected chi connectivity index (χ2v) is 2.96. The number of carbonyl (C=O) groups is 1. The van der Waals surface area contributed by atoms with Crippen molar-refractivity contribution >= 4 is 23.0 Å². The largest absolute Gasteiger partial charge is 0.791 e. The van der Waals surface area contributed by atoms with Gasteiger partial charge in [0.1, 0.15) is 5.01 Å². The van der Waals surface area contributed by atoms with Crippen molar-refractivity contribution < 1.29 is 4.79 Å². The van der Waals surface area contributed by atoms with Crippen LogP contribution in [0.3, 0.4) is 0 Å². The van der Waals surface area contributed by atoms with Crippen molar-refractivity contribution in [3.8, 4) is 0 Å². The number of hydrogen-bond acceptors (Lipinski definition) is 5. The minimum absolute atomic E-state index is 0.273. The number of carbonyl (C=O) groups excluding carboxylic acids is 1. The molecule has 5 nitrogen and oxygen atoms in total. The van der Waals surface area contributed by atoms with E-state index in [1.54, 1.807) is 12.3 Å². The third-order valence-electron chi connectivity index (χ3n) is 1.15. The minimum atomic E-state index is -0.848. The molecule has 0 aliphatic carbocycles. The lowest BCUT2D eigenvalue weighted by molar-refractivity contribution is -0.111. The van der Waals surface area contributed by atoms with Crippen molar-refractivity contribution in [2.24, 2.45) is 10.9 Å². The van der Waals surface area contributed by atoms with Gasteiger partial charge in [-0.1, -0.05) is 0 Å². The monoisotopic (exact) mass is 184 g/mol. The first-order valence-electron chi connectivity index (χ1n) is 3.07. The van der Waals surface area contributed by atoms with E-state index in [1.807, 2.05) is 0 Å². The molecule has 0 unspecified atom stereocenters. The number of nitrogens with two attached hydrogens (primary N) is 1. The van der Waals surface area contributed by atoms with E-state index in [2.05, 4.69) is 10.1 Å². The molecule has 1 aromatic heterocycles. The fraction of sp³-hybridized carbons (Fsp3) is 0.167. The molecule has 0 saturated carbocycles. The van der Waals surface area contributed by atoms with Crippen molar-refractivity contribution in [1.29, 1.82) is 0 Å². The van der Waals surface area contributed by atoms with E-state index < -0.39 is 5.91 Å². The zero-order valence-corrected chi connectivity index (χ0v) is 7.09. The summed E-state index contributed by atoms with van der Waals surface area (Å²) in [7, 11) is 0. The molecule has 6 heteroatoms. The zero-order chi connectivity index (χ0) is 9.14. The molecule has 1 aromatic rings. The van der Waals surface area contributed by atoms with Gasteiger partial charge < -0.3 is 16.1 Å². The van der Waals surface area contributed by atoms with Crippen molar-refractivity contribution in [1.82, 2.24) is 4.98 Å². The fourth-order valence-electron chi connectivity index (χ4n) is 0.652. The summed E-state index contributed by atoms with van der Waals surface area (Å²) in [5.41, 5.74) is 5.31. The molecule has 64 valence electrons. The minimum Gasteiger partial charge on any atom is -0.791 e. The van der Waals surface area contributed by atoms with Crippen LogP contribution in [0, 0.1) is 12.1 Å². The Balaban J connectivity index is 3.04. The summed E-state index contributed by atoms with van der Waals surface area (Å²) in [6.45, 7) is 1.75. The summed E-state index contributed by atoms with van der Waals surface area (Å²) in [4.78, 5) is 14.5. The first kappa shape index (κ1) is 8.66. The molecule has 0 bridgehead atoms. The Morgan fingerprint density at radius 3 is 2.83 bits per heavy atom. The second-order valence-electron chi connectivity index (χ2n) is 2.10. The van der Waals surface area contributed by atoms with E-state index in [-0.39, 0.29) is 10.7 Å². The van der Waals surface area contributed by atoms with Crippen molar-refractivity contribution in [3.63, 3.8) is 0 Å². The number of aryl methyl sites for hydroxylation is 1. The maximum Gasteiger partial charge on any atom is 0.269 e. The van der Waals surface area contributed by atoms with Gasteiger partial charge in [0, 0.05) is 11.1 Å². The summed E-state index contributed by atoms with van der Waals surface area (Å²) >= 11 is 1.17. The summed E-state index contributed by atoms with van der Waals surface area (Å²) in [5.74, 6) is -0.848. The van der Waals surface area contributed by atoms with Crippen LogP contribution in [0.25, 0.3) is 0 Å². The van der Waals surface area contributed by atoms with E-state index in [1.165, 1.54) is 11.3 Å². The van der Waals surface area contributed by atoms with Gasteiger partial charge in [-0.15, -0.1) is 11.3 Å². The van der Waals surface area contributed by atoms with Crippen LogP contribution >= 0.6 is 11.3 Å². The van der Waals surface area contributed by atoms with Crippen LogP contribution < -0.4 is 5.73 Å². The second kappa shape index (κ2) is 3.31. The van der Waals surface area contributed by atoms with Crippen molar-refractivity contribution in [2.75, 3.05) is 0 Å². The van der Waals surface area contributed by atoms with Gasteiger partial charge in [0.05, 0.1) is 0 Å².